The summed E-state index contributed by atoms with van der Waals surface area (Å²) in [4.78, 5) is 20.8. The van der Waals surface area contributed by atoms with Crippen molar-refractivity contribution in [3.8, 4) is 11.5 Å². The molecule has 0 aromatic heterocycles. The molecule has 14 heavy (non-hydrogen) atoms. The molecule has 0 saturated heterocycles. The highest BCUT2D eigenvalue weighted by molar-refractivity contribution is 5.73. The molecule has 0 spiro atoms. The van der Waals surface area contributed by atoms with Crippen LogP contribution in [-0.2, 0) is 4.79 Å². The van der Waals surface area contributed by atoms with Crippen LogP contribution in [0.2, 0.25) is 0 Å². The van der Waals surface area contributed by atoms with Gasteiger partial charge in [0.15, 0.2) is 0 Å². The third-order valence-corrected chi connectivity index (χ3v) is 1.36. The first-order valence-electron chi connectivity index (χ1n) is 3.90. The molecule has 5 nitrogen and oxygen atoms in total. The molecule has 1 aromatic rings. The number of phenols is 1. The van der Waals surface area contributed by atoms with E-state index in [4.69, 9.17) is 9.84 Å². The Morgan fingerprint density at radius 3 is 3.00 bits per heavy atom. The molecule has 0 bridgehead atoms. The first kappa shape index (κ1) is 10.0. The second kappa shape index (κ2) is 4.86. The lowest BCUT2D eigenvalue weighted by molar-refractivity contribution is -0.107. The smallest absolute Gasteiger partial charge is 0.412 e. The number of aromatic hydroxyl groups is 1. The van der Waals surface area contributed by atoms with E-state index >= 15 is 0 Å². The minimum Gasteiger partial charge on any atom is -0.508 e. The van der Waals surface area contributed by atoms with Gasteiger partial charge in [0.25, 0.3) is 0 Å². The number of hydrogen-bond donors (Lipinski definition) is 2. The van der Waals surface area contributed by atoms with Gasteiger partial charge in [-0.05, 0) is 12.1 Å². The second-order valence-corrected chi connectivity index (χ2v) is 2.43. The Kier molecular flexibility index (Phi) is 3.49. The standard InChI is InChI=1S/C9H9NO4/c11-5-4-10-9(13)14-8-3-1-2-7(12)6-8/h1-3,5-6,12H,4H2,(H,10,13). The zero-order valence-corrected chi connectivity index (χ0v) is 7.27. The van der Waals surface area contributed by atoms with Crippen LogP contribution in [0.1, 0.15) is 0 Å². The summed E-state index contributed by atoms with van der Waals surface area (Å²) in [5.41, 5.74) is 0. The maximum atomic E-state index is 10.9. The number of amides is 1. The summed E-state index contributed by atoms with van der Waals surface area (Å²) in [6, 6.07) is 5.80. The van der Waals surface area contributed by atoms with E-state index in [2.05, 4.69) is 5.32 Å². The molecule has 0 heterocycles. The van der Waals surface area contributed by atoms with Crippen LogP contribution in [0.5, 0.6) is 11.5 Å². The predicted octanol–water partition coefficient (Wildman–Crippen LogP) is 0.680. The van der Waals surface area contributed by atoms with Crippen LogP contribution < -0.4 is 10.1 Å². The van der Waals surface area contributed by atoms with Gasteiger partial charge < -0.3 is 20.0 Å². The fourth-order valence-corrected chi connectivity index (χ4v) is 0.815. The third-order valence-electron chi connectivity index (χ3n) is 1.36. The zero-order valence-electron chi connectivity index (χ0n) is 7.27. The molecule has 5 heteroatoms. The van der Waals surface area contributed by atoms with Gasteiger partial charge in [-0.15, -0.1) is 0 Å². The van der Waals surface area contributed by atoms with E-state index in [1.807, 2.05) is 0 Å². The van der Waals surface area contributed by atoms with E-state index in [0.717, 1.165) is 0 Å². The molecule has 0 atom stereocenters. The van der Waals surface area contributed by atoms with E-state index in [1.54, 1.807) is 0 Å². The van der Waals surface area contributed by atoms with E-state index in [0.29, 0.717) is 6.29 Å². The summed E-state index contributed by atoms with van der Waals surface area (Å²) >= 11 is 0. The highest BCUT2D eigenvalue weighted by Gasteiger charge is 2.02. The SMILES string of the molecule is O=CCNC(=O)Oc1cccc(O)c1. The lowest BCUT2D eigenvalue weighted by atomic mass is 10.3. The van der Waals surface area contributed by atoms with Crippen molar-refractivity contribution in [1.82, 2.24) is 5.32 Å². The van der Waals surface area contributed by atoms with Crippen molar-refractivity contribution in [3.63, 3.8) is 0 Å². The quantitative estimate of drug-likeness (QED) is 0.695. The highest BCUT2D eigenvalue weighted by Crippen LogP contribution is 2.17. The van der Waals surface area contributed by atoms with Gasteiger partial charge in [-0.2, -0.15) is 0 Å². The lowest BCUT2D eigenvalue weighted by Gasteiger charge is -2.03. The first-order valence-corrected chi connectivity index (χ1v) is 3.90. The van der Waals surface area contributed by atoms with Crippen molar-refractivity contribution < 1.29 is 19.4 Å². The molecule has 0 fully saturated rings. The number of benzene rings is 1. The number of phenolic OH excluding ortho intramolecular Hbond substituents is 1. The van der Waals surface area contributed by atoms with Crippen LogP contribution in [0.15, 0.2) is 24.3 Å². The molecule has 0 aliphatic heterocycles. The Bertz CT molecular complexity index is 337. The predicted molar refractivity (Wildman–Crippen MR) is 48.2 cm³/mol. The molecule has 2 N–H and O–H groups in total. The summed E-state index contributed by atoms with van der Waals surface area (Å²) < 4.78 is 4.73. The van der Waals surface area contributed by atoms with Gasteiger partial charge in [0.05, 0.1) is 6.54 Å². The van der Waals surface area contributed by atoms with Crippen LogP contribution in [0.25, 0.3) is 0 Å². The summed E-state index contributed by atoms with van der Waals surface area (Å²) in [7, 11) is 0. The van der Waals surface area contributed by atoms with Crippen LogP contribution in [0, 0.1) is 0 Å². The van der Waals surface area contributed by atoms with E-state index in [-0.39, 0.29) is 18.0 Å². The molecule has 0 aliphatic carbocycles. The molecule has 0 radical (unpaired) electrons. The Labute approximate surface area is 80.3 Å². The van der Waals surface area contributed by atoms with Gasteiger partial charge in [0.1, 0.15) is 17.8 Å². The number of carbonyl (C=O) groups excluding carboxylic acids is 2. The minimum atomic E-state index is -0.734. The molecule has 1 amide bonds. The zero-order chi connectivity index (χ0) is 10.4. The molecular formula is C9H9NO4. The summed E-state index contributed by atoms with van der Waals surface area (Å²) in [5.74, 6) is 0.221. The normalized spacial score (nSPS) is 9.14. The Balaban J connectivity index is 2.51. The van der Waals surface area contributed by atoms with Gasteiger partial charge >= 0.3 is 6.09 Å². The van der Waals surface area contributed by atoms with Crippen molar-refractivity contribution in [2.45, 2.75) is 0 Å². The van der Waals surface area contributed by atoms with Gasteiger partial charge in [-0.1, -0.05) is 6.07 Å². The number of ether oxygens (including phenoxy) is 1. The minimum absolute atomic E-state index is 0.00527. The van der Waals surface area contributed by atoms with Gasteiger partial charge in [-0.25, -0.2) is 4.79 Å². The molecular weight excluding hydrogens is 186 g/mol. The van der Waals surface area contributed by atoms with Crippen molar-refractivity contribution >= 4 is 12.4 Å². The van der Waals surface area contributed by atoms with Crippen molar-refractivity contribution in [2.24, 2.45) is 0 Å². The third kappa shape index (κ3) is 3.14. The number of aldehydes is 1. The molecule has 74 valence electrons. The van der Waals surface area contributed by atoms with Crippen molar-refractivity contribution in [1.29, 1.82) is 0 Å². The van der Waals surface area contributed by atoms with E-state index in [9.17, 15) is 9.59 Å². The van der Waals surface area contributed by atoms with Crippen LogP contribution >= 0.6 is 0 Å². The maximum Gasteiger partial charge on any atom is 0.412 e. The second-order valence-electron chi connectivity index (χ2n) is 2.43. The number of nitrogens with one attached hydrogen (secondary N) is 1. The van der Waals surface area contributed by atoms with Crippen molar-refractivity contribution in [2.75, 3.05) is 6.54 Å². The average molecular weight is 195 g/mol. The lowest BCUT2D eigenvalue weighted by Crippen LogP contribution is -2.28. The van der Waals surface area contributed by atoms with Crippen molar-refractivity contribution in [3.05, 3.63) is 24.3 Å². The molecule has 0 unspecified atom stereocenters. The maximum absolute atomic E-state index is 10.9. The average Bonchev–Trinajstić information content (AvgIpc) is 2.15. The summed E-state index contributed by atoms with van der Waals surface area (Å²) in [6.07, 6.45) is -0.188. The molecule has 1 rings (SSSR count). The van der Waals surface area contributed by atoms with E-state index < -0.39 is 6.09 Å². The molecule has 0 saturated carbocycles. The van der Waals surface area contributed by atoms with E-state index in [1.165, 1.54) is 24.3 Å². The highest BCUT2D eigenvalue weighted by atomic mass is 16.6. The van der Waals surface area contributed by atoms with Crippen LogP contribution in [0.4, 0.5) is 4.79 Å². The number of carbonyl (C=O) groups is 2. The fraction of sp³-hybridized carbons (Fsp3) is 0.111. The Hall–Kier alpha value is -2.04. The van der Waals surface area contributed by atoms with Crippen LogP contribution in [0.3, 0.4) is 0 Å². The number of hydrogen-bond acceptors (Lipinski definition) is 4. The largest absolute Gasteiger partial charge is 0.508 e. The van der Waals surface area contributed by atoms with Gasteiger partial charge in [0, 0.05) is 6.07 Å². The monoisotopic (exact) mass is 195 g/mol. The van der Waals surface area contributed by atoms with Gasteiger partial charge in [-0.3, -0.25) is 0 Å². The Morgan fingerprint density at radius 2 is 2.36 bits per heavy atom. The molecule has 1 aromatic carbocycles. The topological polar surface area (TPSA) is 75.6 Å². The number of rotatable bonds is 3. The summed E-state index contributed by atoms with van der Waals surface area (Å²) in [5, 5.41) is 11.2. The van der Waals surface area contributed by atoms with Gasteiger partial charge in [0.2, 0.25) is 0 Å². The van der Waals surface area contributed by atoms with Crippen LogP contribution in [-0.4, -0.2) is 24.0 Å². The first-order chi connectivity index (χ1) is 6.72. The molecule has 0 aliphatic rings. The Morgan fingerprint density at radius 1 is 1.57 bits per heavy atom. The fourth-order valence-electron chi connectivity index (χ4n) is 0.815. The summed E-state index contributed by atoms with van der Waals surface area (Å²) in [6.45, 7) is -0.0996.